The van der Waals surface area contributed by atoms with E-state index >= 15 is 0 Å². The van der Waals surface area contributed by atoms with Crippen LogP contribution in [0.4, 0.5) is 4.79 Å². The number of rotatable bonds is 9. The molecule has 0 saturated heterocycles. The Balaban J connectivity index is 1.89. The summed E-state index contributed by atoms with van der Waals surface area (Å²) >= 11 is 0. The Hall–Kier alpha value is -3.39. The molecule has 0 unspecified atom stereocenters. The molecule has 0 aliphatic carbocycles. The summed E-state index contributed by atoms with van der Waals surface area (Å²) in [5.41, 5.74) is 6.94. The smallest absolute Gasteiger partial charge is 0.408 e. The number of benzene rings is 2. The number of ether oxygens (including phenoxy) is 1. The van der Waals surface area contributed by atoms with Gasteiger partial charge in [-0.3, -0.25) is 9.59 Å². The third-order valence-electron chi connectivity index (χ3n) is 3.95. The number of nitrogens with one attached hydrogen (secondary N) is 2. The van der Waals surface area contributed by atoms with Gasteiger partial charge in [-0.2, -0.15) is 0 Å². The highest BCUT2D eigenvalue weighted by molar-refractivity contribution is 5.90. The van der Waals surface area contributed by atoms with Crippen molar-refractivity contribution in [3.63, 3.8) is 0 Å². The van der Waals surface area contributed by atoms with Crippen molar-refractivity contribution >= 4 is 17.9 Å². The van der Waals surface area contributed by atoms with Gasteiger partial charge < -0.3 is 26.2 Å². The van der Waals surface area contributed by atoms with Gasteiger partial charge in [-0.05, 0) is 11.1 Å². The van der Waals surface area contributed by atoms with Crippen LogP contribution in [0.1, 0.15) is 11.1 Å². The first kappa shape index (κ1) is 20.9. The second-order valence-corrected chi connectivity index (χ2v) is 6.09. The third-order valence-corrected chi connectivity index (χ3v) is 3.95. The molecule has 148 valence electrons. The fourth-order valence-corrected chi connectivity index (χ4v) is 2.45. The zero-order valence-corrected chi connectivity index (χ0v) is 15.2. The van der Waals surface area contributed by atoms with Gasteiger partial charge in [0.2, 0.25) is 11.8 Å². The summed E-state index contributed by atoms with van der Waals surface area (Å²) in [4.78, 5) is 35.9. The number of hydrogen-bond donors (Lipinski definition) is 4. The monoisotopic (exact) mass is 385 g/mol. The number of primary amides is 1. The maximum Gasteiger partial charge on any atom is 0.408 e. The summed E-state index contributed by atoms with van der Waals surface area (Å²) in [5, 5.41) is 14.1. The summed E-state index contributed by atoms with van der Waals surface area (Å²) in [6, 6.07) is 15.8. The minimum atomic E-state index is -1.28. The van der Waals surface area contributed by atoms with Crippen LogP contribution in [0.3, 0.4) is 0 Å². The number of hydrogen-bond acceptors (Lipinski definition) is 5. The van der Waals surface area contributed by atoms with Gasteiger partial charge in [0.05, 0.1) is 6.61 Å². The van der Waals surface area contributed by atoms with Gasteiger partial charge in [0, 0.05) is 6.42 Å². The second-order valence-electron chi connectivity index (χ2n) is 6.09. The molecule has 0 radical (unpaired) electrons. The molecule has 0 aliphatic heterocycles. The maximum atomic E-state index is 12.3. The van der Waals surface area contributed by atoms with Crippen LogP contribution < -0.4 is 16.4 Å². The van der Waals surface area contributed by atoms with Crippen molar-refractivity contribution in [1.29, 1.82) is 0 Å². The van der Waals surface area contributed by atoms with Gasteiger partial charge in [-0.15, -0.1) is 0 Å². The SMILES string of the molecule is NC(=O)[C@@H](Cc1ccccc1)NC(=O)[C@H](CO)NC(=O)OCc1ccccc1. The Morgan fingerprint density at radius 3 is 2.00 bits per heavy atom. The van der Waals surface area contributed by atoms with Crippen LogP contribution in [0.25, 0.3) is 0 Å². The highest BCUT2D eigenvalue weighted by atomic mass is 16.5. The lowest BCUT2D eigenvalue weighted by molar-refractivity contribution is -0.129. The quantitative estimate of drug-likeness (QED) is 0.499. The zero-order valence-electron chi connectivity index (χ0n) is 15.2. The van der Waals surface area contributed by atoms with Crippen molar-refractivity contribution in [3.05, 3.63) is 71.8 Å². The van der Waals surface area contributed by atoms with Gasteiger partial charge in [0.1, 0.15) is 18.7 Å². The summed E-state index contributed by atoms with van der Waals surface area (Å²) in [5.74, 6) is -1.46. The van der Waals surface area contributed by atoms with Gasteiger partial charge in [0.15, 0.2) is 0 Å². The molecule has 0 aliphatic rings. The van der Waals surface area contributed by atoms with Crippen LogP contribution in [0.5, 0.6) is 0 Å². The maximum absolute atomic E-state index is 12.3. The van der Waals surface area contributed by atoms with Crippen molar-refractivity contribution in [3.8, 4) is 0 Å². The zero-order chi connectivity index (χ0) is 20.4. The fourth-order valence-electron chi connectivity index (χ4n) is 2.45. The molecule has 0 spiro atoms. The molecule has 8 heteroatoms. The third kappa shape index (κ3) is 6.73. The lowest BCUT2D eigenvalue weighted by Gasteiger charge is -2.20. The molecule has 0 heterocycles. The fraction of sp³-hybridized carbons (Fsp3) is 0.250. The van der Waals surface area contributed by atoms with Gasteiger partial charge >= 0.3 is 6.09 Å². The number of aliphatic hydroxyl groups is 1. The predicted molar refractivity (Wildman–Crippen MR) is 102 cm³/mol. The highest BCUT2D eigenvalue weighted by Crippen LogP contribution is 2.04. The van der Waals surface area contributed by atoms with Crippen LogP contribution in [-0.4, -0.2) is 41.7 Å². The van der Waals surface area contributed by atoms with E-state index in [1.54, 1.807) is 48.5 Å². The molecule has 0 aromatic heterocycles. The van der Waals surface area contributed by atoms with Crippen molar-refractivity contribution in [2.75, 3.05) is 6.61 Å². The Labute approximate surface area is 162 Å². The first-order chi connectivity index (χ1) is 13.5. The van der Waals surface area contributed by atoms with Crippen molar-refractivity contribution < 1.29 is 24.2 Å². The summed E-state index contributed by atoms with van der Waals surface area (Å²) in [6.45, 7) is -0.645. The first-order valence-corrected chi connectivity index (χ1v) is 8.71. The van der Waals surface area contributed by atoms with Crippen molar-refractivity contribution in [2.45, 2.75) is 25.1 Å². The molecule has 3 amide bonds. The van der Waals surface area contributed by atoms with E-state index in [4.69, 9.17) is 10.5 Å². The highest BCUT2D eigenvalue weighted by Gasteiger charge is 2.25. The molecule has 0 bridgehead atoms. The standard InChI is InChI=1S/C20H23N3O5/c21-18(25)16(11-14-7-3-1-4-8-14)22-19(26)17(12-24)23-20(27)28-13-15-9-5-2-6-10-15/h1-10,16-17,24H,11-13H2,(H2,21,25)(H,22,26)(H,23,27)/t16-,17+/m1/s1. The largest absolute Gasteiger partial charge is 0.445 e. The van der Waals surface area contributed by atoms with E-state index in [2.05, 4.69) is 10.6 Å². The predicted octanol–water partition coefficient (Wildman–Crippen LogP) is 0.486. The van der Waals surface area contributed by atoms with Crippen LogP contribution >= 0.6 is 0 Å². The topological polar surface area (TPSA) is 131 Å². The molecule has 0 saturated carbocycles. The lowest BCUT2D eigenvalue weighted by Crippen LogP contribution is -2.54. The van der Waals surface area contributed by atoms with E-state index in [0.717, 1.165) is 11.1 Å². The Morgan fingerprint density at radius 1 is 0.893 bits per heavy atom. The molecule has 5 N–H and O–H groups in total. The Bertz CT molecular complexity index is 783. The van der Waals surface area contributed by atoms with Crippen molar-refractivity contribution in [1.82, 2.24) is 10.6 Å². The van der Waals surface area contributed by atoms with E-state index in [0.29, 0.717) is 0 Å². The minimum Gasteiger partial charge on any atom is -0.445 e. The van der Waals surface area contributed by atoms with Crippen molar-refractivity contribution in [2.24, 2.45) is 5.73 Å². The number of aliphatic hydroxyl groups excluding tert-OH is 1. The molecule has 2 aromatic carbocycles. The minimum absolute atomic E-state index is 0.0182. The van der Waals surface area contributed by atoms with E-state index in [1.807, 2.05) is 12.1 Å². The molecule has 0 fully saturated rings. The number of carbonyl (C=O) groups is 3. The molecule has 8 nitrogen and oxygen atoms in total. The van der Waals surface area contributed by atoms with Crippen LogP contribution in [0.15, 0.2) is 60.7 Å². The van der Waals surface area contributed by atoms with E-state index in [1.165, 1.54) is 0 Å². The van der Waals surface area contributed by atoms with E-state index in [9.17, 15) is 19.5 Å². The number of nitrogens with two attached hydrogens (primary N) is 1. The Kier molecular flexibility index (Phi) is 7.98. The number of alkyl carbamates (subject to hydrolysis) is 1. The van der Waals surface area contributed by atoms with E-state index in [-0.39, 0.29) is 13.0 Å². The summed E-state index contributed by atoms with van der Waals surface area (Å²) in [7, 11) is 0. The molecule has 2 aromatic rings. The molecule has 2 atom stereocenters. The van der Waals surface area contributed by atoms with E-state index < -0.39 is 36.6 Å². The molecular formula is C20H23N3O5. The number of amides is 3. The first-order valence-electron chi connectivity index (χ1n) is 8.71. The van der Waals surface area contributed by atoms with Crippen LogP contribution in [-0.2, 0) is 27.4 Å². The van der Waals surface area contributed by atoms with Gasteiger partial charge in [0.25, 0.3) is 0 Å². The summed E-state index contributed by atoms with van der Waals surface area (Å²) < 4.78 is 5.03. The lowest BCUT2D eigenvalue weighted by atomic mass is 10.1. The Morgan fingerprint density at radius 2 is 1.46 bits per heavy atom. The summed E-state index contributed by atoms with van der Waals surface area (Å²) in [6.07, 6.45) is -0.671. The molecule has 28 heavy (non-hydrogen) atoms. The van der Waals surface area contributed by atoms with Crippen LogP contribution in [0.2, 0.25) is 0 Å². The average molecular weight is 385 g/mol. The number of carbonyl (C=O) groups excluding carboxylic acids is 3. The van der Waals surface area contributed by atoms with Gasteiger partial charge in [-0.1, -0.05) is 60.7 Å². The van der Waals surface area contributed by atoms with Gasteiger partial charge in [-0.25, -0.2) is 4.79 Å². The average Bonchev–Trinajstić information content (AvgIpc) is 2.71. The second kappa shape index (κ2) is 10.7. The van der Waals surface area contributed by atoms with Crippen LogP contribution in [0, 0.1) is 0 Å². The molecular weight excluding hydrogens is 362 g/mol. The molecule has 2 rings (SSSR count). The normalized spacial score (nSPS) is 12.5.